The van der Waals surface area contributed by atoms with E-state index in [4.69, 9.17) is 29.0 Å². The maximum atomic E-state index is 13.7. The summed E-state index contributed by atoms with van der Waals surface area (Å²) in [7, 11) is -6.46. The molecule has 0 bridgehead atoms. The lowest BCUT2D eigenvalue weighted by Gasteiger charge is -2.34. The number of benzene rings is 2. The van der Waals surface area contributed by atoms with E-state index < -0.39 is 44.0 Å². The minimum absolute atomic E-state index is 0.0239. The van der Waals surface area contributed by atoms with Gasteiger partial charge in [0.1, 0.15) is 36.2 Å². The number of ether oxygens (including phenoxy) is 4. The minimum atomic E-state index is -4.21. The number of hydrogen-bond donors (Lipinski definition) is 2. The van der Waals surface area contributed by atoms with Gasteiger partial charge >= 0.3 is 5.97 Å². The number of carboxylic acids is 1. The van der Waals surface area contributed by atoms with Gasteiger partial charge in [0.15, 0.2) is 5.82 Å². The van der Waals surface area contributed by atoms with Crippen molar-refractivity contribution in [3.8, 4) is 17.4 Å². The van der Waals surface area contributed by atoms with Gasteiger partial charge in [0, 0.05) is 50.7 Å². The van der Waals surface area contributed by atoms with E-state index in [-0.39, 0.29) is 56.6 Å². The van der Waals surface area contributed by atoms with E-state index >= 15 is 0 Å². The van der Waals surface area contributed by atoms with E-state index in [0.717, 1.165) is 22.9 Å². The Labute approximate surface area is 416 Å². The molecular weight excluding hydrogens is 973 g/mol. The summed E-state index contributed by atoms with van der Waals surface area (Å²) < 4.78 is 84.1. The largest absolute Gasteiger partial charge is 0.491 e. The molecule has 0 unspecified atom stereocenters. The molecule has 1 amide bonds. The number of fused-ring (bicyclic) bond motifs is 1. The Kier molecular flexibility index (Phi) is 15.4. The molecule has 6 aromatic rings. The van der Waals surface area contributed by atoms with Crippen LogP contribution in [0.25, 0.3) is 16.7 Å². The summed E-state index contributed by atoms with van der Waals surface area (Å²) in [5, 5.41) is 17.8. The molecule has 4 aromatic heterocycles. The molecule has 8 rings (SSSR count). The van der Waals surface area contributed by atoms with Gasteiger partial charge in [-0.2, -0.15) is 9.40 Å². The number of aryl methyl sites for hydroxylation is 2. The molecule has 2 aromatic carbocycles. The zero-order chi connectivity index (χ0) is 51.4. The molecule has 2 saturated heterocycles. The van der Waals surface area contributed by atoms with Gasteiger partial charge < -0.3 is 29.0 Å². The molecule has 2 fully saturated rings. The summed E-state index contributed by atoms with van der Waals surface area (Å²) in [6, 6.07) is 16.7. The topological polar surface area (TPSA) is 262 Å². The van der Waals surface area contributed by atoms with E-state index in [9.17, 15) is 31.2 Å². The third-order valence-corrected chi connectivity index (χ3v) is 15.9. The number of anilines is 1. The first-order chi connectivity index (χ1) is 34.3. The van der Waals surface area contributed by atoms with E-state index in [1.807, 2.05) is 29.2 Å². The fraction of sp³-hybridized carbons (Fsp3) is 0.438. The number of nitrogens with zero attached hydrogens (tertiary/aromatic N) is 9. The summed E-state index contributed by atoms with van der Waals surface area (Å²) in [4.78, 5) is 48.3. The fourth-order valence-electron chi connectivity index (χ4n) is 9.21. The normalized spacial score (nSPS) is 16.6. The summed E-state index contributed by atoms with van der Waals surface area (Å²) in [5.74, 6) is 0.259. The predicted molar refractivity (Wildman–Crippen MR) is 263 cm³/mol. The summed E-state index contributed by atoms with van der Waals surface area (Å²) in [6.45, 7) is 10.4. The standard InChI is InChI=1S/C48H58N10O12S2/c1-32-27-48(3,4)57(28-32)45-39(46(61)53-71(63,64)41-29-54(5)51-33(41)2)12-13-42(50-45)58-19-16-43(52-58)70-25-23-68-21-20-67-22-24-69-36-8-6-34(7-9-36)35-14-17-56(18-15-35)72(65,66)37-10-11-38-40(26-37)49-31-55(47(38)62)30-44(59)60/h6-13,16,19,26,29,31-32,35H,14-15,17-18,20-25,27-28,30H2,1-5H3,(H,53,61)(H,59,60)/t32-/m0/s1. The first kappa shape index (κ1) is 51.6. The van der Waals surface area contributed by atoms with E-state index in [2.05, 4.69) is 40.7 Å². The van der Waals surface area contributed by atoms with Crippen LogP contribution in [0.3, 0.4) is 0 Å². The van der Waals surface area contributed by atoms with E-state index in [0.29, 0.717) is 88.1 Å². The molecule has 2 N–H and O–H groups in total. The van der Waals surface area contributed by atoms with Crippen LogP contribution in [0.5, 0.6) is 11.6 Å². The second kappa shape index (κ2) is 21.5. The average Bonchev–Trinajstić information content (AvgIpc) is 4.04. The van der Waals surface area contributed by atoms with Gasteiger partial charge in [-0.1, -0.05) is 19.1 Å². The Bertz CT molecular complexity index is 3220. The number of carbonyl (C=O) groups is 2. The SMILES string of the molecule is Cc1nn(C)cc1S(=O)(=O)NC(=O)c1ccc(-n2ccc(OCCOCCOCCOc3ccc(C4CCN(S(=O)(=O)c5ccc6c(=O)n(CC(=O)O)cnc6c5)CC4)cc3)n2)nc1N1C[C@@H](C)CC1(C)C. The highest BCUT2D eigenvalue weighted by atomic mass is 32.2. The highest BCUT2D eigenvalue weighted by Gasteiger charge is 2.40. The number of piperidine rings is 1. The smallest absolute Gasteiger partial charge is 0.323 e. The number of rotatable bonds is 21. The molecule has 72 heavy (non-hydrogen) atoms. The zero-order valence-electron chi connectivity index (χ0n) is 40.6. The first-order valence-corrected chi connectivity index (χ1v) is 26.4. The lowest BCUT2D eigenvalue weighted by Crippen LogP contribution is -2.41. The van der Waals surface area contributed by atoms with Gasteiger partial charge in [-0.25, -0.2) is 36.2 Å². The highest BCUT2D eigenvalue weighted by molar-refractivity contribution is 7.90. The van der Waals surface area contributed by atoms with Crippen molar-refractivity contribution in [2.75, 3.05) is 64.2 Å². The summed E-state index contributed by atoms with van der Waals surface area (Å²) in [6.07, 6.45) is 6.24. The van der Waals surface area contributed by atoms with Crippen LogP contribution in [0.1, 0.15) is 67.6 Å². The van der Waals surface area contributed by atoms with Crippen LogP contribution in [0, 0.1) is 12.8 Å². The van der Waals surface area contributed by atoms with Crippen LogP contribution in [-0.4, -0.2) is 137 Å². The molecule has 2 aliphatic rings. The quantitative estimate of drug-likeness (QED) is 0.0969. The third-order valence-electron chi connectivity index (χ3n) is 12.6. The van der Waals surface area contributed by atoms with Gasteiger partial charge in [-0.05, 0) is 99.9 Å². The third kappa shape index (κ3) is 11.8. The molecule has 1 atom stereocenters. The predicted octanol–water partition coefficient (Wildman–Crippen LogP) is 3.91. The monoisotopic (exact) mass is 1030 g/mol. The molecular formula is C48H58N10O12S2. The maximum absolute atomic E-state index is 13.7. The number of nitrogens with one attached hydrogen (secondary N) is 1. The number of amides is 1. The molecule has 384 valence electrons. The molecule has 0 spiro atoms. The van der Waals surface area contributed by atoms with Crippen molar-refractivity contribution >= 4 is 48.6 Å². The second-order valence-corrected chi connectivity index (χ2v) is 22.1. The van der Waals surface area contributed by atoms with Crippen LogP contribution in [-0.2, 0) is 47.9 Å². The van der Waals surface area contributed by atoms with Gasteiger partial charge in [0.25, 0.3) is 21.5 Å². The Balaban J connectivity index is 0.737. The van der Waals surface area contributed by atoms with Crippen molar-refractivity contribution < 1.29 is 50.5 Å². The van der Waals surface area contributed by atoms with E-state index in [1.165, 1.54) is 38.1 Å². The number of carboxylic acid groups (broad SMARTS) is 1. The van der Waals surface area contributed by atoms with Crippen LogP contribution in [0.4, 0.5) is 5.82 Å². The van der Waals surface area contributed by atoms with Crippen LogP contribution < -0.4 is 24.7 Å². The van der Waals surface area contributed by atoms with Gasteiger partial charge in [-0.3, -0.25) is 23.6 Å². The molecule has 0 saturated carbocycles. The maximum Gasteiger partial charge on any atom is 0.323 e. The molecule has 2 aliphatic heterocycles. The van der Waals surface area contributed by atoms with Crippen molar-refractivity contribution in [3.63, 3.8) is 0 Å². The highest BCUT2D eigenvalue weighted by Crippen LogP contribution is 2.38. The van der Waals surface area contributed by atoms with Crippen LogP contribution in [0.15, 0.2) is 94.0 Å². The average molecular weight is 1030 g/mol. The second-order valence-electron chi connectivity index (χ2n) is 18.5. The Hall–Kier alpha value is -6.73. The Morgan fingerprint density at radius 2 is 1.58 bits per heavy atom. The van der Waals surface area contributed by atoms with Crippen molar-refractivity contribution in [2.24, 2.45) is 13.0 Å². The van der Waals surface area contributed by atoms with Crippen molar-refractivity contribution in [1.82, 2.24) is 43.1 Å². The lowest BCUT2D eigenvalue weighted by molar-refractivity contribution is -0.137. The zero-order valence-corrected chi connectivity index (χ0v) is 42.3. The number of aliphatic carboxylic acids is 1. The van der Waals surface area contributed by atoms with Crippen LogP contribution in [0.2, 0.25) is 0 Å². The molecule has 0 radical (unpaired) electrons. The fourth-order valence-corrected chi connectivity index (χ4v) is 11.9. The van der Waals surface area contributed by atoms with Gasteiger partial charge in [0.05, 0.1) is 59.8 Å². The molecule has 0 aliphatic carbocycles. The number of carbonyl (C=O) groups excluding carboxylic acids is 1. The minimum Gasteiger partial charge on any atom is -0.491 e. The molecule has 24 heteroatoms. The number of aromatic nitrogens is 7. The summed E-state index contributed by atoms with van der Waals surface area (Å²) in [5.41, 5.74) is 0.730. The van der Waals surface area contributed by atoms with Crippen molar-refractivity contribution in [3.05, 3.63) is 107 Å². The number of sulfonamides is 2. The molecule has 6 heterocycles. The van der Waals surface area contributed by atoms with Crippen molar-refractivity contribution in [1.29, 1.82) is 0 Å². The van der Waals surface area contributed by atoms with Gasteiger partial charge in [-0.15, -0.1) is 5.10 Å². The number of pyridine rings is 1. The summed E-state index contributed by atoms with van der Waals surface area (Å²) >= 11 is 0. The van der Waals surface area contributed by atoms with Crippen molar-refractivity contribution in [2.45, 2.75) is 74.7 Å². The Morgan fingerprint density at radius 1 is 0.889 bits per heavy atom. The lowest BCUT2D eigenvalue weighted by atomic mass is 9.90. The Morgan fingerprint density at radius 3 is 2.24 bits per heavy atom. The molecule has 22 nitrogen and oxygen atoms in total. The van der Waals surface area contributed by atoms with Crippen LogP contribution >= 0.6 is 0 Å². The number of hydrogen-bond acceptors (Lipinski definition) is 16. The van der Waals surface area contributed by atoms with Gasteiger partial charge in [0.2, 0.25) is 15.9 Å². The van der Waals surface area contributed by atoms with E-state index in [1.54, 1.807) is 38.4 Å². The first-order valence-electron chi connectivity index (χ1n) is 23.4.